The van der Waals surface area contributed by atoms with Gasteiger partial charge in [0.2, 0.25) is 0 Å². The molecule has 0 aromatic heterocycles. The normalized spacial score (nSPS) is 12.4. The second-order valence-corrected chi connectivity index (χ2v) is 8.30. The highest BCUT2D eigenvalue weighted by molar-refractivity contribution is 5.98. The Morgan fingerprint density at radius 2 is 1.38 bits per heavy atom. The summed E-state index contributed by atoms with van der Waals surface area (Å²) in [5, 5.41) is 2.29. The van der Waals surface area contributed by atoms with Crippen LogP contribution in [-0.2, 0) is 15.7 Å². The number of hydrogen-bond donors (Lipinski definition) is 1. The van der Waals surface area contributed by atoms with E-state index in [9.17, 15) is 22.8 Å². The van der Waals surface area contributed by atoms with Crippen molar-refractivity contribution in [2.75, 3.05) is 6.61 Å². The average Bonchev–Trinajstić information content (AvgIpc) is 2.76. The lowest BCUT2D eigenvalue weighted by atomic mass is 10.1. The van der Waals surface area contributed by atoms with Crippen molar-refractivity contribution in [3.8, 4) is 0 Å². The van der Waals surface area contributed by atoms with E-state index in [2.05, 4.69) is 12.2 Å². The third kappa shape index (κ3) is 11.5. The summed E-state index contributed by atoms with van der Waals surface area (Å²) in [5.74, 6) is -1.60. The molecule has 0 saturated heterocycles. The molecule has 0 fully saturated rings. The van der Waals surface area contributed by atoms with Crippen molar-refractivity contribution in [3.05, 3.63) is 35.4 Å². The molecule has 182 valence electrons. The number of hydrogen-bond acceptors (Lipinski definition) is 3. The third-order valence-corrected chi connectivity index (χ3v) is 5.42. The van der Waals surface area contributed by atoms with Crippen molar-refractivity contribution in [1.29, 1.82) is 0 Å². The van der Waals surface area contributed by atoms with Crippen molar-refractivity contribution in [3.63, 3.8) is 0 Å². The van der Waals surface area contributed by atoms with Crippen LogP contribution < -0.4 is 5.32 Å². The van der Waals surface area contributed by atoms with E-state index < -0.39 is 35.2 Å². The van der Waals surface area contributed by atoms with E-state index >= 15 is 0 Å². The highest BCUT2D eigenvalue weighted by Crippen LogP contribution is 2.31. The van der Waals surface area contributed by atoms with E-state index in [1.807, 2.05) is 0 Å². The molecule has 1 N–H and O–H groups in total. The second-order valence-electron chi connectivity index (χ2n) is 8.30. The minimum atomic E-state index is -4.65. The summed E-state index contributed by atoms with van der Waals surface area (Å²) in [6.45, 7) is 3.87. The number of alkyl halides is 3. The van der Waals surface area contributed by atoms with Gasteiger partial charge in [0.25, 0.3) is 5.91 Å². The zero-order chi connectivity index (χ0) is 23.8. The molecule has 0 spiro atoms. The van der Waals surface area contributed by atoms with Crippen LogP contribution >= 0.6 is 0 Å². The van der Waals surface area contributed by atoms with Crippen molar-refractivity contribution in [1.82, 2.24) is 5.32 Å². The number of nitrogens with one attached hydrogen (secondary N) is 1. The van der Waals surface area contributed by atoms with Gasteiger partial charge < -0.3 is 10.1 Å². The first-order chi connectivity index (χ1) is 15.3. The van der Waals surface area contributed by atoms with Gasteiger partial charge in [0.15, 0.2) is 0 Å². The van der Waals surface area contributed by atoms with Crippen molar-refractivity contribution >= 4 is 11.9 Å². The predicted octanol–water partition coefficient (Wildman–Crippen LogP) is 7.07. The van der Waals surface area contributed by atoms with E-state index in [4.69, 9.17) is 4.74 Å². The van der Waals surface area contributed by atoms with Crippen LogP contribution in [0.2, 0.25) is 0 Å². The molecule has 1 amide bonds. The smallest absolute Gasteiger partial charge is 0.417 e. The van der Waals surface area contributed by atoms with Crippen LogP contribution in [-0.4, -0.2) is 24.5 Å². The lowest BCUT2D eigenvalue weighted by Gasteiger charge is -2.16. The monoisotopic (exact) mass is 457 g/mol. The Bertz CT molecular complexity index is 677. The lowest BCUT2D eigenvalue weighted by Crippen LogP contribution is -2.40. The Hall–Kier alpha value is -2.05. The molecule has 7 heteroatoms. The molecule has 1 atom stereocenters. The number of ether oxygens (including phenoxy) is 1. The fraction of sp³-hybridized carbons (Fsp3) is 0.680. The van der Waals surface area contributed by atoms with Gasteiger partial charge in [-0.3, -0.25) is 4.79 Å². The Kier molecular flexibility index (Phi) is 13.7. The number of unbranched alkanes of at least 4 members (excludes halogenated alkanes) is 11. The van der Waals surface area contributed by atoms with Gasteiger partial charge in [-0.15, -0.1) is 0 Å². The molecule has 0 heterocycles. The van der Waals surface area contributed by atoms with Gasteiger partial charge in [-0.25, -0.2) is 4.79 Å². The number of amides is 1. The van der Waals surface area contributed by atoms with Gasteiger partial charge >= 0.3 is 12.1 Å². The van der Waals surface area contributed by atoms with Crippen molar-refractivity contribution in [2.24, 2.45) is 0 Å². The lowest BCUT2D eigenvalue weighted by molar-refractivity contribution is -0.145. The van der Waals surface area contributed by atoms with Crippen LogP contribution in [0.15, 0.2) is 24.3 Å². The molecule has 1 aromatic carbocycles. The SMILES string of the molecule is CCCCCCCCCCCCCCOC(=O)[C@H](C)NC(=O)c1ccccc1C(F)(F)F. The van der Waals surface area contributed by atoms with Gasteiger partial charge in [0.1, 0.15) is 6.04 Å². The highest BCUT2D eigenvalue weighted by Gasteiger charge is 2.35. The summed E-state index contributed by atoms with van der Waals surface area (Å²) in [6.07, 6.45) is 9.75. The number of rotatable bonds is 16. The number of halogens is 3. The molecule has 0 unspecified atom stereocenters. The fourth-order valence-electron chi connectivity index (χ4n) is 3.50. The number of carbonyl (C=O) groups is 2. The first-order valence-electron chi connectivity index (χ1n) is 11.9. The van der Waals surface area contributed by atoms with Gasteiger partial charge in [0.05, 0.1) is 17.7 Å². The second kappa shape index (κ2) is 15.7. The summed E-state index contributed by atoms with van der Waals surface area (Å²) in [6, 6.07) is 3.46. The maximum atomic E-state index is 13.0. The topological polar surface area (TPSA) is 55.4 Å². The van der Waals surface area contributed by atoms with E-state index in [0.717, 1.165) is 31.4 Å². The maximum absolute atomic E-state index is 13.0. The summed E-state index contributed by atoms with van der Waals surface area (Å²) < 4.78 is 44.3. The van der Waals surface area contributed by atoms with Crippen LogP contribution in [0, 0.1) is 0 Å². The minimum Gasteiger partial charge on any atom is -0.464 e. The Morgan fingerprint density at radius 3 is 1.91 bits per heavy atom. The molecular formula is C25H38F3NO3. The zero-order valence-corrected chi connectivity index (χ0v) is 19.4. The van der Waals surface area contributed by atoms with E-state index in [1.54, 1.807) is 0 Å². The third-order valence-electron chi connectivity index (χ3n) is 5.42. The Labute approximate surface area is 190 Å². The highest BCUT2D eigenvalue weighted by atomic mass is 19.4. The van der Waals surface area contributed by atoms with Gasteiger partial charge in [0, 0.05) is 0 Å². The Morgan fingerprint density at radius 1 is 0.875 bits per heavy atom. The molecule has 0 aliphatic carbocycles. The van der Waals surface area contributed by atoms with Crippen molar-refractivity contribution < 1.29 is 27.5 Å². The summed E-state index contributed by atoms with van der Waals surface area (Å²) >= 11 is 0. The molecule has 0 aliphatic rings. The van der Waals surface area contributed by atoms with E-state index in [-0.39, 0.29) is 6.61 Å². The largest absolute Gasteiger partial charge is 0.464 e. The molecule has 1 aromatic rings. The molecule has 0 aliphatic heterocycles. The maximum Gasteiger partial charge on any atom is 0.417 e. The first kappa shape index (κ1) is 28.0. The van der Waals surface area contributed by atoms with Gasteiger partial charge in [-0.1, -0.05) is 89.7 Å². The molecule has 1 rings (SSSR count). The minimum absolute atomic E-state index is 0.246. The number of benzene rings is 1. The molecular weight excluding hydrogens is 419 g/mol. The summed E-state index contributed by atoms with van der Waals surface area (Å²) in [4.78, 5) is 24.2. The van der Waals surface area contributed by atoms with E-state index in [0.29, 0.717) is 0 Å². The number of carbonyl (C=O) groups excluding carboxylic acids is 2. The molecule has 4 nitrogen and oxygen atoms in total. The quantitative estimate of drug-likeness (QED) is 0.213. The molecule has 0 saturated carbocycles. The summed E-state index contributed by atoms with van der Waals surface area (Å²) in [7, 11) is 0. The zero-order valence-electron chi connectivity index (χ0n) is 19.4. The fourth-order valence-corrected chi connectivity index (χ4v) is 3.50. The average molecular weight is 458 g/mol. The van der Waals surface area contributed by atoms with Gasteiger partial charge in [-0.2, -0.15) is 13.2 Å². The van der Waals surface area contributed by atoms with Crippen LogP contribution in [0.3, 0.4) is 0 Å². The predicted molar refractivity (Wildman–Crippen MR) is 120 cm³/mol. The van der Waals surface area contributed by atoms with Crippen LogP contribution in [0.4, 0.5) is 13.2 Å². The van der Waals surface area contributed by atoms with Crippen LogP contribution in [0.1, 0.15) is 107 Å². The standard InChI is InChI=1S/C25H38F3NO3/c1-3-4-5-6-7-8-9-10-11-12-13-16-19-32-24(31)20(2)29-23(30)21-17-14-15-18-22(21)25(26,27)28/h14-15,17-18,20H,3-13,16,19H2,1-2H3,(H,29,30)/t20-/m0/s1. The molecule has 0 radical (unpaired) electrons. The van der Waals surface area contributed by atoms with Crippen molar-refractivity contribution in [2.45, 2.75) is 103 Å². The molecule has 0 bridgehead atoms. The van der Waals surface area contributed by atoms with Crippen LogP contribution in [0.25, 0.3) is 0 Å². The Balaban J connectivity index is 2.16. The van der Waals surface area contributed by atoms with Crippen LogP contribution in [0.5, 0.6) is 0 Å². The first-order valence-corrected chi connectivity index (χ1v) is 11.9. The summed E-state index contributed by atoms with van der Waals surface area (Å²) in [5.41, 5.74) is -1.55. The number of esters is 1. The van der Waals surface area contributed by atoms with E-state index in [1.165, 1.54) is 76.8 Å². The molecule has 32 heavy (non-hydrogen) atoms. The van der Waals surface area contributed by atoms with Gasteiger partial charge in [-0.05, 0) is 25.5 Å².